The first kappa shape index (κ1) is 15.8. The zero-order valence-corrected chi connectivity index (χ0v) is 13.7. The molecule has 1 aliphatic heterocycles. The molecular weight excluding hydrogens is 298 g/mol. The van der Waals surface area contributed by atoms with Crippen LogP contribution >= 0.6 is 11.6 Å². The Kier molecular flexibility index (Phi) is 4.74. The molecule has 0 radical (unpaired) electrons. The number of benzene rings is 1. The van der Waals surface area contributed by atoms with Gasteiger partial charge in [-0.2, -0.15) is 0 Å². The Morgan fingerprint density at radius 3 is 2.41 bits per heavy atom. The Morgan fingerprint density at radius 2 is 1.86 bits per heavy atom. The van der Waals surface area contributed by atoms with E-state index in [0.29, 0.717) is 0 Å². The number of rotatable bonds is 6. The molecule has 2 fully saturated rings. The zero-order chi connectivity index (χ0) is 15.6. The van der Waals surface area contributed by atoms with E-state index < -0.39 is 11.4 Å². The van der Waals surface area contributed by atoms with E-state index >= 15 is 0 Å². The number of carboxylic acids is 1. The average Bonchev–Trinajstić information content (AvgIpc) is 3.32. The first-order chi connectivity index (χ1) is 10.6. The van der Waals surface area contributed by atoms with Gasteiger partial charge in [0, 0.05) is 11.6 Å². The highest BCUT2D eigenvalue weighted by atomic mass is 35.5. The Bertz CT molecular complexity index is 516. The minimum Gasteiger partial charge on any atom is -0.481 e. The molecule has 1 N–H and O–H groups in total. The topological polar surface area (TPSA) is 40.5 Å². The highest BCUT2D eigenvalue weighted by Crippen LogP contribution is 2.38. The molecular formula is C18H24ClNO2. The molecule has 3 rings (SSSR count). The van der Waals surface area contributed by atoms with Gasteiger partial charge in [-0.25, -0.2) is 0 Å². The largest absolute Gasteiger partial charge is 0.481 e. The number of hydrogen-bond donors (Lipinski definition) is 1. The lowest BCUT2D eigenvalue weighted by Crippen LogP contribution is -2.45. The average molecular weight is 322 g/mol. The fraction of sp³-hybridized carbons (Fsp3) is 0.611. The van der Waals surface area contributed by atoms with Crippen molar-refractivity contribution in [2.24, 2.45) is 11.3 Å². The van der Waals surface area contributed by atoms with Gasteiger partial charge in [0.2, 0.25) is 0 Å². The van der Waals surface area contributed by atoms with Gasteiger partial charge in [-0.1, -0.05) is 23.7 Å². The second-order valence-corrected chi connectivity index (χ2v) is 7.39. The SMILES string of the molecule is O=C(O)C1(CCc2ccc(Cl)cc2)CCN(CC2CC2)CC1. The van der Waals surface area contributed by atoms with Crippen LogP contribution in [0.5, 0.6) is 0 Å². The third-order valence-electron chi connectivity index (χ3n) is 5.29. The maximum Gasteiger partial charge on any atom is 0.309 e. The van der Waals surface area contributed by atoms with E-state index in [2.05, 4.69) is 4.90 Å². The van der Waals surface area contributed by atoms with Crippen LogP contribution < -0.4 is 0 Å². The molecule has 0 bridgehead atoms. The summed E-state index contributed by atoms with van der Waals surface area (Å²) in [7, 11) is 0. The van der Waals surface area contributed by atoms with Crippen molar-refractivity contribution in [3.63, 3.8) is 0 Å². The number of halogens is 1. The van der Waals surface area contributed by atoms with Crippen molar-refractivity contribution in [3.05, 3.63) is 34.9 Å². The van der Waals surface area contributed by atoms with Gasteiger partial charge in [0.05, 0.1) is 5.41 Å². The van der Waals surface area contributed by atoms with Gasteiger partial charge in [0.25, 0.3) is 0 Å². The molecule has 120 valence electrons. The number of likely N-dealkylation sites (tertiary alicyclic amines) is 1. The summed E-state index contributed by atoms with van der Waals surface area (Å²) in [5.41, 5.74) is 0.630. The van der Waals surface area contributed by atoms with Crippen LogP contribution in [-0.2, 0) is 11.2 Å². The van der Waals surface area contributed by atoms with Crippen LogP contribution in [0, 0.1) is 11.3 Å². The minimum atomic E-state index is -0.618. The predicted octanol–water partition coefficient (Wildman–Crippen LogP) is 3.85. The van der Waals surface area contributed by atoms with Crippen molar-refractivity contribution in [3.8, 4) is 0 Å². The van der Waals surface area contributed by atoms with Gasteiger partial charge in [-0.3, -0.25) is 4.79 Å². The molecule has 0 aromatic heterocycles. The van der Waals surface area contributed by atoms with Crippen LogP contribution in [0.4, 0.5) is 0 Å². The van der Waals surface area contributed by atoms with Crippen LogP contribution in [0.3, 0.4) is 0 Å². The number of hydrogen-bond acceptors (Lipinski definition) is 2. The molecule has 0 amide bonds. The predicted molar refractivity (Wildman–Crippen MR) is 88.2 cm³/mol. The lowest BCUT2D eigenvalue weighted by atomic mass is 9.74. The molecule has 1 saturated carbocycles. The van der Waals surface area contributed by atoms with Crippen molar-refractivity contribution < 1.29 is 9.90 Å². The Morgan fingerprint density at radius 1 is 1.23 bits per heavy atom. The Labute approximate surface area is 137 Å². The molecule has 0 unspecified atom stereocenters. The van der Waals surface area contributed by atoms with Gasteiger partial charge in [0.1, 0.15) is 0 Å². The molecule has 22 heavy (non-hydrogen) atoms. The quantitative estimate of drug-likeness (QED) is 0.865. The van der Waals surface area contributed by atoms with Crippen molar-refractivity contribution in [1.82, 2.24) is 4.90 Å². The summed E-state index contributed by atoms with van der Waals surface area (Å²) in [5, 5.41) is 10.5. The van der Waals surface area contributed by atoms with Crippen LogP contribution in [0.2, 0.25) is 5.02 Å². The van der Waals surface area contributed by atoms with Gasteiger partial charge in [-0.05, 0) is 75.2 Å². The molecule has 1 aromatic rings. The summed E-state index contributed by atoms with van der Waals surface area (Å²) in [6, 6.07) is 7.76. The van der Waals surface area contributed by atoms with E-state index in [-0.39, 0.29) is 0 Å². The number of carbonyl (C=O) groups is 1. The monoisotopic (exact) mass is 321 g/mol. The van der Waals surface area contributed by atoms with E-state index in [1.807, 2.05) is 24.3 Å². The smallest absolute Gasteiger partial charge is 0.309 e. The lowest BCUT2D eigenvalue weighted by Gasteiger charge is -2.39. The third kappa shape index (κ3) is 3.82. The molecule has 1 heterocycles. The number of nitrogens with zero attached hydrogens (tertiary/aromatic N) is 1. The van der Waals surface area contributed by atoms with Gasteiger partial charge in [-0.15, -0.1) is 0 Å². The van der Waals surface area contributed by atoms with Crippen molar-refractivity contribution in [2.45, 2.75) is 38.5 Å². The van der Waals surface area contributed by atoms with Crippen molar-refractivity contribution in [2.75, 3.05) is 19.6 Å². The number of carboxylic acid groups (broad SMARTS) is 1. The number of aryl methyl sites for hydroxylation is 1. The van der Waals surface area contributed by atoms with Gasteiger partial charge in [0.15, 0.2) is 0 Å². The van der Waals surface area contributed by atoms with Crippen LogP contribution in [0.25, 0.3) is 0 Å². The summed E-state index contributed by atoms with van der Waals surface area (Å²) in [5.74, 6) is 0.263. The molecule has 1 aliphatic carbocycles. The molecule has 0 spiro atoms. The van der Waals surface area contributed by atoms with Crippen molar-refractivity contribution >= 4 is 17.6 Å². The Balaban J connectivity index is 1.57. The lowest BCUT2D eigenvalue weighted by molar-refractivity contribution is -0.152. The summed E-state index contributed by atoms with van der Waals surface area (Å²) in [6.07, 6.45) is 5.81. The van der Waals surface area contributed by atoms with E-state index in [9.17, 15) is 9.90 Å². The van der Waals surface area contributed by atoms with E-state index in [1.165, 1.54) is 24.9 Å². The number of aliphatic carboxylic acids is 1. The molecule has 0 atom stereocenters. The standard InChI is InChI=1S/C18H24ClNO2/c19-16-5-3-14(4-6-16)7-8-18(17(21)22)9-11-20(12-10-18)13-15-1-2-15/h3-6,15H,1-2,7-13H2,(H,21,22). The first-order valence-corrected chi connectivity index (χ1v) is 8.65. The second kappa shape index (κ2) is 6.59. The minimum absolute atomic E-state index is 0.542. The van der Waals surface area contributed by atoms with E-state index in [0.717, 1.165) is 49.7 Å². The van der Waals surface area contributed by atoms with Gasteiger partial charge >= 0.3 is 5.97 Å². The fourth-order valence-corrected chi connectivity index (χ4v) is 3.56. The zero-order valence-electron chi connectivity index (χ0n) is 12.9. The van der Waals surface area contributed by atoms with Crippen LogP contribution in [-0.4, -0.2) is 35.6 Å². The Hall–Kier alpha value is -1.06. The van der Waals surface area contributed by atoms with E-state index in [1.54, 1.807) is 0 Å². The third-order valence-corrected chi connectivity index (χ3v) is 5.54. The first-order valence-electron chi connectivity index (χ1n) is 8.28. The van der Waals surface area contributed by atoms with Crippen LogP contribution in [0.15, 0.2) is 24.3 Å². The summed E-state index contributed by atoms with van der Waals surface area (Å²) in [4.78, 5) is 14.3. The molecule has 1 aromatic carbocycles. The summed E-state index contributed by atoms with van der Waals surface area (Å²) in [6.45, 7) is 3.04. The highest BCUT2D eigenvalue weighted by Gasteiger charge is 2.41. The normalized spacial score (nSPS) is 21.7. The van der Waals surface area contributed by atoms with Crippen LogP contribution in [0.1, 0.15) is 37.7 Å². The maximum atomic E-state index is 11.9. The molecule has 3 nitrogen and oxygen atoms in total. The number of piperidine rings is 1. The molecule has 4 heteroatoms. The fourth-order valence-electron chi connectivity index (χ4n) is 3.43. The maximum absolute atomic E-state index is 11.9. The highest BCUT2D eigenvalue weighted by molar-refractivity contribution is 6.30. The summed E-state index contributed by atoms with van der Waals surface area (Å²) < 4.78 is 0. The summed E-state index contributed by atoms with van der Waals surface area (Å²) >= 11 is 5.90. The van der Waals surface area contributed by atoms with Crippen molar-refractivity contribution in [1.29, 1.82) is 0 Å². The molecule has 2 aliphatic rings. The van der Waals surface area contributed by atoms with E-state index in [4.69, 9.17) is 11.6 Å². The van der Waals surface area contributed by atoms with Gasteiger partial charge < -0.3 is 10.0 Å². The second-order valence-electron chi connectivity index (χ2n) is 6.96. The molecule has 1 saturated heterocycles.